The Morgan fingerprint density at radius 3 is 2.25 bits per heavy atom. The monoisotopic (exact) mass is 298 g/mol. The largest absolute Gasteiger partial charge is 0.500 e. The number of carbonyl (C=O) groups is 1. The van der Waals surface area contributed by atoms with Crippen LogP contribution in [0.4, 0.5) is 0 Å². The maximum absolute atomic E-state index is 11.1. The maximum atomic E-state index is 11.1. The van der Waals surface area contributed by atoms with Crippen LogP contribution in [0.3, 0.4) is 0 Å². The minimum atomic E-state index is -2.53. The predicted octanol–water partition coefficient (Wildman–Crippen LogP) is 2.42. The molecule has 0 atom stereocenters. The summed E-state index contributed by atoms with van der Waals surface area (Å²) >= 11 is 0. The molecule has 0 amide bonds. The Morgan fingerprint density at radius 2 is 1.70 bits per heavy atom. The van der Waals surface area contributed by atoms with E-state index in [1.54, 1.807) is 27.4 Å². The molecule has 1 aromatic rings. The van der Waals surface area contributed by atoms with E-state index in [1.165, 1.54) is 6.92 Å². The molecule has 0 aliphatic carbocycles. The Hall–Kier alpha value is -1.21. The maximum Gasteiger partial charge on any atom is 0.500 e. The molecular weight excluding hydrogens is 276 g/mol. The van der Waals surface area contributed by atoms with Crippen LogP contribution in [-0.4, -0.2) is 36.1 Å². The Bertz CT molecular complexity index is 423. The molecule has 0 saturated heterocycles. The van der Waals surface area contributed by atoms with Gasteiger partial charge in [-0.25, -0.2) is 0 Å². The first-order valence-corrected chi connectivity index (χ1v) is 8.42. The van der Waals surface area contributed by atoms with E-state index in [0.717, 1.165) is 18.4 Å². The topological polar surface area (TPSA) is 54.0 Å². The first kappa shape index (κ1) is 16.8. The van der Waals surface area contributed by atoms with Crippen LogP contribution >= 0.6 is 0 Å². The molecule has 0 spiro atoms. The summed E-state index contributed by atoms with van der Waals surface area (Å²) in [4.78, 5) is 11.1. The van der Waals surface area contributed by atoms with Crippen molar-refractivity contribution in [2.45, 2.75) is 25.8 Å². The van der Waals surface area contributed by atoms with Gasteiger partial charge in [-0.3, -0.25) is 4.79 Å². The molecule has 0 fully saturated rings. The third kappa shape index (κ3) is 4.72. The molecule has 0 radical (unpaired) electrons. The summed E-state index contributed by atoms with van der Waals surface area (Å²) in [7, 11) is 2.28. The van der Waals surface area contributed by atoms with E-state index in [1.807, 2.05) is 18.2 Å². The minimum absolute atomic E-state index is 0.313. The number of benzene rings is 1. The summed E-state index contributed by atoms with van der Waals surface area (Å²) in [5.74, 6) is 0.298. The molecule has 0 unspecified atom stereocenters. The fraction of sp³-hybridized carbons (Fsp3) is 0.500. The van der Waals surface area contributed by atoms with Crippen LogP contribution in [-0.2, 0) is 24.5 Å². The van der Waals surface area contributed by atoms with Gasteiger partial charge in [0.1, 0.15) is 5.75 Å². The van der Waals surface area contributed by atoms with Crippen molar-refractivity contribution in [3.05, 3.63) is 29.8 Å². The molecule has 0 aliphatic heterocycles. The number of para-hydroxylation sites is 1. The highest BCUT2D eigenvalue weighted by Gasteiger charge is 2.36. The number of ether oxygens (including phenoxy) is 1. The van der Waals surface area contributed by atoms with E-state index in [0.29, 0.717) is 11.8 Å². The van der Waals surface area contributed by atoms with Crippen LogP contribution < -0.4 is 4.74 Å². The molecule has 0 heterocycles. The van der Waals surface area contributed by atoms with Gasteiger partial charge in [-0.05, 0) is 24.5 Å². The number of rotatable bonds is 8. The van der Waals surface area contributed by atoms with E-state index in [2.05, 4.69) is 0 Å². The fourth-order valence-corrected chi connectivity index (χ4v) is 3.74. The van der Waals surface area contributed by atoms with Crippen molar-refractivity contribution in [2.75, 3.05) is 21.3 Å². The van der Waals surface area contributed by atoms with Gasteiger partial charge in [-0.2, -0.15) is 0 Å². The SMILES string of the molecule is CO[Si](CCCc1ccccc1OC(C)=O)(OC)OC. The number of aryl methyl sites for hydroxylation is 1. The van der Waals surface area contributed by atoms with Crippen molar-refractivity contribution in [1.82, 2.24) is 0 Å². The van der Waals surface area contributed by atoms with Gasteiger partial charge in [0.2, 0.25) is 0 Å². The molecule has 6 heteroatoms. The quantitative estimate of drug-likeness (QED) is 0.419. The van der Waals surface area contributed by atoms with Crippen molar-refractivity contribution in [3.8, 4) is 5.75 Å². The second-order valence-electron chi connectivity index (χ2n) is 4.35. The second-order valence-corrected chi connectivity index (χ2v) is 7.44. The summed E-state index contributed by atoms with van der Waals surface area (Å²) < 4.78 is 21.3. The van der Waals surface area contributed by atoms with E-state index < -0.39 is 8.80 Å². The summed E-state index contributed by atoms with van der Waals surface area (Å²) in [6, 6.07) is 8.24. The zero-order valence-corrected chi connectivity index (χ0v) is 13.5. The van der Waals surface area contributed by atoms with Crippen LogP contribution in [0.2, 0.25) is 6.04 Å². The van der Waals surface area contributed by atoms with Crippen molar-refractivity contribution >= 4 is 14.8 Å². The van der Waals surface area contributed by atoms with Crippen LogP contribution in [0.5, 0.6) is 5.75 Å². The summed E-state index contributed by atoms with van der Waals surface area (Å²) in [6.07, 6.45) is 1.61. The number of carbonyl (C=O) groups excluding carboxylic acids is 1. The molecule has 5 nitrogen and oxygen atoms in total. The molecule has 20 heavy (non-hydrogen) atoms. The highest BCUT2D eigenvalue weighted by atomic mass is 28.4. The Kier molecular flexibility index (Phi) is 6.87. The number of hydrogen-bond donors (Lipinski definition) is 0. The molecule has 0 saturated carbocycles. The summed E-state index contributed by atoms with van der Waals surface area (Å²) in [5.41, 5.74) is 0.994. The van der Waals surface area contributed by atoms with Crippen LogP contribution in [0.25, 0.3) is 0 Å². The van der Waals surface area contributed by atoms with Crippen LogP contribution in [0, 0.1) is 0 Å². The lowest BCUT2D eigenvalue weighted by atomic mass is 10.1. The van der Waals surface area contributed by atoms with E-state index in [9.17, 15) is 4.79 Å². The van der Waals surface area contributed by atoms with Gasteiger partial charge in [-0.1, -0.05) is 18.2 Å². The molecule has 0 N–H and O–H groups in total. The van der Waals surface area contributed by atoms with E-state index in [4.69, 9.17) is 18.0 Å². The Labute approximate surface area is 121 Å². The van der Waals surface area contributed by atoms with Crippen molar-refractivity contribution in [3.63, 3.8) is 0 Å². The lowest BCUT2D eigenvalue weighted by molar-refractivity contribution is -0.131. The average molecular weight is 298 g/mol. The first-order chi connectivity index (χ1) is 9.56. The van der Waals surface area contributed by atoms with Gasteiger partial charge < -0.3 is 18.0 Å². The third-order valence-electron chi connectivity index (χ3n) is 3.09. The fourth-order valence-electron chi connectivity index (χ4n) is 2.02. The molecular formula is C14H22O5Si. The van der Waals surface area contributed by atoms with Gasteiger partial charge in [0.25, 0.3) is 0 Å². The van der Waals surface area contributed by atoms with Crippen molar-refractivity contribution in [1.29, 1.82) is 0 Å². The zero-order chi connectivity index (χ0) is 15.0. The summed E-state index contributed by atoms with van der Waals surface area (Å²) in [6.45, 7) is 1.40. The third-order valence-corrected chi connectivity index (χ3v) is 5.92. The number of hydrogen-bond acceptors (Lipinski definition) is 5. The normalized spacial score (nSPS) is 11.4. The molecule has 1 aromatic carbocycles. The van der Waals surface area contributed by atoms with Gasteiger partial charge in [0, 0.05) is 34.3 Å². The smallest absolute Gasteiger partial charge is 0.426 e. The zero-order valence-electron chi connectivity index (χ0n) is 12.5. The van der Waals surface area contributed by atoms with E-state index in [-0.39, 0.29) is 5.97 Å². The molecule has 1 rings (SSSR count). The first-order valence-electron chi connectivity index (χ1n) is 6.48. The highest BCUT2D eigenvalue weighted by Crippen LogP contribution is 2.23. The van der Waals surface area contributed by atoms with Gasteiger partial charge in [0.15, 0.2) is 0 Å². The Balaban J connectivity index is 2.64. The molecule has 0 bridgehead atoms. The lowest BCUT2D eigenvalue weighted by Gasteiger charge is -2.24. The molecule has 112 valence electrons. The molecule has 0 aliphatic rings. The minimum Gasteiger partial charge on any atom is -0.426 e. The highest BCUT2D eigenvalue weighted by molar-refractivity contribution is 6.60. The standard InChI is InChI=1S/C14H22O5Si/c1-12(15)19-14-10-6-5-8-13(14)9-7-11-20(16-2,17-3)18-4/h5-6,8,10H,7,9,11H2,1-4H3. The van der Waals surface area contributed by atoms with E-state index >= 15 is 0 Å². The van der Waals surface area contributed by atoms with Gasteiger partial charge >= 0.3 is 14.8 Å². The lowest BCUT2D eigenvalue weighted by Crippen LogP contribution is -2.42. The molecule has 0 aromatic heterocycles. The number of esters is 1. The van der Waals surface area contributed by atoms with Crippen molar-refractivity contribution < 1.29 is 22.8 Å². The average Bonchev–Trinajstić information content (AvgIpc) is 2.45. The summed E-state index contributed by atoms with van der Waals surface area (Å²) in [5, 5.41) is 0. The van der Waals surface area contributed by atoms with Crippen molar-refractivity contribution in [2.24, 2.45) is 0 Å². The Morgan fingerprint density at radius 1 is 1.10 bits per heavy atom. The van der Waals surface area contributed by atoms with Gasteiger partial charge in [0.05, 0.1) is 0 Å². The predicted molar refractivity (Wildman–Crippen MR) is 77.7 cm³/mol. The second kappa shape index (κ2) is 8.16. The van der Waals surface area contributed by atoms with Gasteiger partial charge in [-0.15, -0.1) is 0 Å². The van der Waals surface area contributed by atoms with Crippen LogP contribution in [0.1, 0.15) is 18.9 Å². The van der Waals surface area contributed by atoms with Crippen LogP contribution in [0.15, 0.2) is 24.3 Å².